The normalized spacial score (nSPS) is 10.2. The maximum atomic E-state index is 12.9. The van der Waals surface area contributed by atoms with Gasteiger partial charge in [-0.3, -0.25) is 9.59 Å². The molecule has 0 spiro atoms. The molecule has 6 nitrogen and oxygen atoms in total. The number of carbonyl (C=O) groups excluding carboxylic acids is 2. The van der Waals surface area contributed by atoms with Gasteiger partial charge in [-0.2, -0.15) is 0 Å². The number of hydrogen-bond donors (Lipinski definition) is 1. The summed E-state index contributed by atoms with van der Waals surface area (Å²) in [7, 11) is 0. The van der Waals surface area contributed by atoms with Crippen molar-refractivity contribution in [2.75, 3.05) is 6.61 Å². The molecule has 2 aromatic rings. The average Bonchev–Trinajstić information content (AvgIpc) is 2.57. The molecule has 0 aliphatic rings. The summed E-state index contributed by atoms with van der Waals surface area (Å²) < 4.78 is 23.0. The topological polar surface area (TPSA) is 85.7 Å². The van der Waals surface area contributed by atoms with Crippen molar-refractivity contribution < 1.29 is 28.6 Å². The zero-order chi connectivity index (χ0) is 17.5. The molecule has 1 heterocycles. The summed E-state index contributed by atoms with van der Waals surface area (Å²) in [6.07, 6.45) is -0.240. The minimum Gasteiger partial charge on any atom is -0.506 e. The first-order valence-corrected chi connectivity index (χ1v) is 7.32. The Morgan fingerprint density at radius 1 is 1.12 bits per heavy atom. The summed E-state index contributed by atoms with van der Waals surface area (Å²) in [5.74, 6) is -1.32. The van der Waals surface area contributed by atoms with Crippen LogP contribution in [-0.2, 0) is 9.53 Å². The molecule has 7 heteroatoms. The standard InChI is InChI=1S/C17H16FNO5/c1-2-23-16(22)10-8-14(21)17-13(20)7-9-15(19-17)24-12-5-3-11(18)4-6-12/h3-7,9,20H,2,8,10H2,1H3. The number of ketones is 1. The van der Waals surface area contributed by atoms with E-state index in [4.69, 9.17) is 9.47 Å². The molecular weight excluding hydrogens is 317 g/mol. The van der Waals surface area contributed by atoms with E-state index in [0.717, 1.165) is 0 Å². The highest BCUT2D eigenvalue weighted by Gasteiger charge is 2.16. The lowest BCUT2D eigenvalue weighted by Crippen LogP contribution is -2.09. The van der Waals surface area contributed by atoms with Crippen LogP contribution in [-0.4, -0.2) is 28.4 Å². The maximum absolute atomic E-state index is 12.9. The average molecular weight is 333 g/mol. The first kappa shape index (κ1) is 17.4. The summed E-state index contributed by atoms with van der Waals surface area (Å²) in [6.45, 7) is 1.90. The van der Waals surface area contributed by atoms with Crippen molar-refractivity contribution in [3.8, 4) is 17.4 Å². The lowest BCUT2D eigenvalue weighted by Gasteiger charge is -2.08. The number of nitrogens with zero attached hydrogens (tertiary/aromatic N) is 1. The molecule has 2 rings (SSSR count). The fourth-order valence-corrected chi connectivity index (χ4v) is 1.89. The number of halogens is 1. The lowest BCUT2D eigenvalue weighted by atomic mass is 10.1. The van der Waals surface area contributed by atoms with Crippen LogP contribution >= 0.6 is 0 Å². The molecule has 0 saturated heterocycles. The van der Waals surface area contributed by atoms with E-state index in [9.17, 15) is 19.1 Å². The summed E-state index contributed by atoms with van der Waals surface area (Å²) in [5.41, 5.74) is -0.195. The quantitative estimate of drug-likeness (QED) is 0.618. The number of ether oxygens (including phenoxy) is 2. The number of benzene rings is 1. The molecule has 0 fully saturated rings. The molecule has 1 N–H and O–H groups in total. The highest BCUT2D eigenvalue weighted by atomic mass is 19.1. The van der Waals surface area contributed by atoms with Gasteiger partial charge in [-0.05, 0) is 37.3 Å². The number of pyridine rings is 1. The third-order valence-electron chi connectivity index (χ3n) is 3.01. The smallest absolute Gasteiger partial charge is 0.306 e. The van der Waals surface area contributed by atoms with Gasteiger partial charge in [-0.15, -0.1) is 0 Å². The number of esters is 1. The second kappa shape index (κ2) is 8.05. The van der Waals surface area contributed by atoms with Crippen LogP contribution in [0.2, 0.25) is 0 Å². The number of carbonyl (C=O) groups is 2. The molecule has 126 valence electrons. The highest BCUT2D eigenvalue weighted by Crippen LogP contribution is 2.25. The minimum absolute atomic E-state index is 0.0684. The zero-order valence-electron chi connectivity index (χ0n) is 13.0. The number of aromatic hydroxyl groups is 1. The predicted molar refractivity (Wildman–Crippen MR) is 82.6 cm³/mol. The van der Waals surface area contributed by atoms with Crippen LogP contribution < -0.4 is 4.74 Å². The van der Waals surface area contributed by atoms with E-state index >= 15 is 0 Å². The Morgan fingerprint density at radius 3 is 2.50 bits per heavy atom. The van der Waals surface area contributed by atoms with E-state index in [2.05, 4.69) is 4.98 Å². The molecule has 0 bridgehead atoms. The van der Waals surface area contributed by atoms with Crippen LogP contribution in [0.25, 0.3) is 0 Å². The van der Waals surface area contributed by atoms with Crippen molar-refractivity contribution in [2.45, 2.75) is 19.8 Å². The zero-order valence-corrected chi connectivity index (χ0v) is 13.0. The van der Waals surface area contributed by atoms with Gasteiger partial charge in [-0.1, -0.05) is 0 Å². The Bertz CT molecular complexity index is 730. The van der Waals surface area contributed by atoms with E-state index in [1.54, 1.807) is 6.92 Å². The molecule has 0 aliphatic carbocycles. The van der Waals surface area contributed by atoms with Crippen molar-refractivity contribution in [1.82, 2.24) is 4.98 Å². The summed E-state index contributed by atoms with van der Waals surface area (Å²) in [5, 5.41) is 9.77. The Labute approximate surface area is 137 Å². The lowest BCUT2D eigenvalue weighted by molar-refractivity contribution is -0.143. The van der Waals surface area contributed by atoms with Gasteiger partial charge in [0, 0.05) is 12.5 Å². The van der Waals surface area contributed by atoms with Gasteiger partial charge in [0.15, 0.2) is 11.5 Å². The van der Waals surface area contributed by atoms with Crippen LogP contribution in [0, 0.1) is 5.82 Å². The molecule has 0 atom stereocenters. The van der Waals surface area contributed by atoms with E-state index in [-0.39, 0.29) is 36.8 Å². The molecular formula is C17H16FNO5. The van der Waals surface area contributed by atoms with Gasteiger partial charge in [0.2, 0.25) is 5.88 Å². The second-order valence-electron chi connectivity index (χ2n) is 4.80. The van der Waals surface area contributed by atoms with E-state index < -0.39 is 17.6 Å². The third-order valence-corrected chi connectivity index (χ3v) is 3.01. The van der Waals surface area contributed by atoms with E-state index in [0.29, 0.717) is 5.75 Å². The van der Waals surface area contributed by atoms with Gasteiger partial charge < -0.3 is 14.6 Å². The largest absolute Gasteiger partial charge is 0.506 e. The maximum Gasteiger partial charge on any atom is 0.306 e. The Kier molecular flexibility index (Phi) is 5.83. The first-order valence-electron chi connectivity index (χ1n) is 7.32. The molecule has 0 amide bonds. The minimum atomic E-state index is -0.509. The van der Waals surface area contributed by atoms with Gasteiger partial charge in [0.05, 0.1) is 13.0 Å². The molecule has 24 heavy (non-hydrogen) atoms. The van der Waals surface area contributed by atoms with Crippen molar-refractivity contribution in [3.05, 3.63) is 47.9 Å². The van der Waals surface area contributed by atoms with Crippen LogP contribution in [0.3, 0.4) is 0 Å². The van der Waals surface area contributed by atoms with E-state index in [1.165, 1.54) is 36.4 Å². The monoisotopic (exact) mass is 333 g/mol. The Morgan fingerprint density at radius 2 is 1.83 bits per heavy atom. The number of hydrogen-bond acceptors (Lipinski definition) is 6. The van der Waals surface area contributed by atoms with Crippen molar-refractivity contribution in [3.63, 3.8) is 0 Å². The Hall–Kier alpha value is -2.96. The Balaban J connectivity index is 2.08. The van der Waals surface area contributed by atoms with Crippen molar-refractivity contribution >= 4 is 11.8 Å². The molecule has 1 aromatic carbocycles. The van der Waals surface area contributed by atoms with Crippen molar-refractivity contribution in [1.29, 1.82) is 0 Å². The van der Waals surface area contributed by atoms with Crippen LogP contribution in [0.1, 0.15) is 30.3 Å². The summed E-state index contributed by atoms with van der Waals surface area (Å²) in [6, 6.07) is 7.91. The third kappa shape index (κ3) is 4.77. The molecule has 1 aromatic heterocycles. The fourth-order valence-electron chi connectivity index (χ4n) is 1.89. The van der Waals surface area contributed by atoms with Crippen molar-refractivity contribution in [2.24, 2.45) is 0 Å². The summed E-state index contributed by atoms with van der Waals surface area (Å²) in [4.78, 5) is 27.3. The van der Waals surface area contributed by atoms with Gasteiger partial charge >= 0.3 is 5.97 Å². The van der Waals surface area contributed by atoms with Gasteiger partial charge in [0.1, 0.15) is 17.3 Å². The van der Waals surface area contributed by atoms with Gasteiger partial charge in [-0.25, -0.2) is 9.37 Å². The molecule has 0 radical (unpaired) electrons. The number of rotatable bonds is 7. The van der Waals surface area contributed by atoms with Crippen LogP contribution in [0.15, 0.2) is 36.4 Å². The molecule has 0 aliphatic heterocycles. The first-order chi connectivity index (χ1) is 11.5. The molecule has 0 unspecified atom stereocenters. The van der Waals surface area contributed by atoms with E-state index in [1.807, 2.05) is 0 Å². The summed E-state index contributed by atoms with van der Waals surface area (Å²) >= 11 is 0. The second-order valence-corrected chi connectivity index (χ2v) is 4.80. The number of aromatic nitrogens is 1. The van der Waals surface area contributed by atoms with Crippen LogP contribution in [0.4, 0.5) is 4.39 Å². The highest BCUT2D eigenvalue weighted by molar-refractivity contribution is 5.98. The SMILES string of the molecule is CCOC(=O)CCC(=O)c1nc(Oc2ccc(F)cc2)ccc1O. The van der Waals surface area contributed by atoms with Crippen LogP contribution in [0.5, 0.6) is 17.4 Å². The number of Topliss-reactive ketones (excluding diaryl/α,β-unsaturated/α-hetero) is 1. The van der Waals surface area contributed by atoms with Gasteiger partial charge in [0.25, 0.3) is 0 Å². The predicted octanol–water partition coefficient (Wildman–Crippen LogP) is 3.24. The molecule has 0 saturated carbocycles. The fraction of sp³-hybridized carbons (Fsp3) is 0.235.